The highest BCUT2D eigenvalue weighted by Gasteiger charge is 2.10. The minimum Gasteiger partial charge on any atom is -0.398 e. The van der Waals surface area contributed by atoms with Crippen LogP contribution >= 0.6 is 0 Å². The predicted molar refractivity (Wildman–Crippen MR) is 75.9 cm³/mol. The van der Waals surface area contributed by atoms with E-state index in [2.05, 4.69) is 0 Å². The second-order valence-electron chi connectivity index (χ2n) is 4.23. The van der Waals surface area contributed by atoms with Crippen molar-refractivity contribution in [3.05, 3.63) is 59.4 Å². The Balaban J connectivity index is 2.22. The standard InChI is InChI=1S/C14H13FN2O2S/c15-11-2-1-3-12(7-11)20(19)8-10-5-4-9(14(17)18)6-13(10)16/h1-7H,8,16H2,(H2,17,18). The number of benzene rings is 2. The van der Waals surface area contributed by atoms with Crippen molar-refractivity contribution in [1.82, 2.24) is 0 Å². The highest BCUT2D eigenvalue weighted by molar-refractivity contribution is 7.84. The lowest BCUT2D eigenvalue weighted by molar-refractivity contribution is 0.100. The molecule has 0 spiro atoms. The molecule has 1 amide bonds. The number of halogens is 1. The molecule has 20 heavy (non-hydrogen) atoms. The van der Waals surface area contributed by atoms with Crippen LogP contribution in [0.5, 0.6) is 0 Å². The minimum absolute atomic E-state index is 0.147. The first-order chi connectivity index (χ1) is 9.47. The summed E-state index contributed by atoms with van der Waals surface area (Å²) in [5, 5.41) is 0. The van der Waals surface area contributed by atoms with Gasteiger partial charge in [-0.3, -0.25) is 9.00 Å². The van der Waals surface area contributed by atoms with Crippen molar-refractivity contribution >= 4 is 22.4 Å². The summed E-state index contributed by atoms with van der Waals surface area (Å²) in [5.74, 6) is -0.865. The van der Waals surface area contributed by atoms with Crippen LogP contribution in [0.1, 0.15) is 15.9 Å². The number of amides is 1. The number of rotatable bonds is 4. The number of nitrogens with two attached hydrogens (primary N) is 2. The summed E-state index contributed by atoms with van der Waals surface area (Å²) in [5.41, 5.74) is 12.2. The van der Waals surface area contributed by atoms with Crippen LogP contribution < -0.4 is 11.5 Å². The second-order valence-corrected chi connectivity index (χ2v) is 5.68. The van der Waals surface area contributed by atoms with E-state index in [9.17, 15) is 13.4 Å². The van der Waals surface area contributed by atoms with Gasteiger partial charge in [-0.05, 0) is 35.9 Å². The highest BCUT2D eigenvalue weighted by Crippen LogP contribution is 2.19. The SMILES string of the molecule is NC(=O)c1ccc(CS(=O)c2cccc(F)c2)c(N)c1. The zero-order valence-electron chi connectivity index (χ0n) is 10.5. The van der Waals surface area contributed by atoms with Crippen molar-refractivity contribution in [1.29, 1.82) is 0 Å². The Hall–Kier alpha value is -2.21. The molecule has 2 aromatic rings. The maximum atomic E-state index is 13.1. The number of primary amides is 1. The zero-order chi connectivity index (χ0) is 14.7. The lowest BCUT2D eigenvalue weighted by atomic mass is 10.1. The first kappa shape index (κ1) is 14.2. The molecule has 0 bridgehead atoms. The van der Waals surface area contributed by atoms with Gasteiger partial charge in [0.2, 0.25) is 5.91 Å². The Bertz CT molecular complexity index is 689. The van der Waals surface area contributed by atoms with Crippen LogP contribution in [0.15, 0.2) is 47.4 Å². The van der Waals surface area contributed by atoms with Gasteiger partial charge in [-0.25, -0.2) is 4.39 Å². The molecule has 4 N–H and O–H groups in total. The van der Waals surface area contributed by atoms with Crippen molar-refractivity contribution in [2.24, 2.45) is 5.73 Å². The van der Waals surface area contributed by atoms with Gasteiger partial charge in [0, 0.05) is 16.1 Å². The second kappa shape index (κ2) is 5.83. The fourth-order valence-electron chi connectivity index (χ4n) is 1.71. The van der Waals surface area contributed by atoms with Crippen LogP contribution in [-0.2, 0) is 16.6 Å². The molecule has 0 heterocycles. The molecule has 6 heteroatoms. The maximum Gasteiger partial charge on any atom is 0.248 e. The molecule has 104 valence electrons. The number of carbonyl (C=O) groups excluding carboxylic acids is 1. The molecule has 1 atom stereocenters. The third kappa shape index (κ3) is 3.21. The number of hydrogen-bond donors (Lipinski definition) is 2. The maximum absolute atomic E-state index is 13.1. The van der Waals surface area contributed by atoms with Crippen LogP contribution in [0.3, 0.4) is 0 Å². The highest BCUT2D eigenvalue weighted by atomic mass is 32.2. The monoisotopic (exact) mass is 292 g/mol. The molecule has 4 nitrogen and oxygen atoms in total. The summed E-state index contributed by atoms with van der Waals surface area (Å²) in [6.07, 6.45) is 0. The van der Waals surface area contributed by atoms with E-state index in [1.807, 2.05) is 0 Å². The average molecular weight is 292 g/mol. The van der Waals surface area contributed by atoms with Crippen LogP contribution in [0.4, 0.5) is 10.1 Å². The lowest BCUT2D eigenvalue weighted by Crippen LogP contribution is -2.12. The summed E-state index contributed by atoms with van der Waals surface area (Å²) >= 11 is 0. The third-order valence-corrected chi connectivity index (χ3v) is 4.13. The van der Waals surface area contributed by atoms with Crippen molar-refractivity contribution in [2.45, 2.75) is 10.6 Å². The summed E-state index contributed by atoms with van der Waals surface area (Å²) in [7, 11) is -1.41. The van der Waals surface area contributed by atoms with Crippen LogP contribution in [-0.4, -0.2) is 10.1 Å². The fraction of sp³-hybridized carbons (Fsp3) is 0.0714. The third-order valence-electron chi connectivity index (χ3n) is 2.78. The van der Waals surface area contributed by atoms with Crippen LogP contribution in [0.2, 0.25) is 0 Å². The van der Waals surface area contributed by atoms with Crippen LogP contribution in [0.25, 0.3) is 0 Å². The van der Waals surface area contributed by atoms with Crippen molar-refractivity contribution in [2.75, 3.05) is 5.73 Å². The van der Waals surface area contributed by atoms with E-state index in [1.165, 1.54) is 30.3 Å². The Morgan fingerprint density at radius 1 is 1.20 bits per heavy atom. The molecule has 0 aliphatic heterocycles. The number of anilines is 1. The van der Waals surface area contributed by atoms with Gasteiger partial charge in [0.15, 0.2) is 0 Å². The summed E-state index contributed by atoms with van der Waals surface area (Å²) in [4.78, 5) is 11.4. The van der Waals surface area contributed by atoms with Gasteiger partial charge >= 0.3 is 0 Å². The Morgan fingerprint density at radius 2 is 1.95 bits per heavy atom. The smallest absolute Gasteiger partial charge is 0.248 e. The van der Waals surface area contributed by atoms with E-state index in [-0.39, 0.29) is 5.75 Å². The van der Waals surface area contributed by atoms with Crippen molar-refractivity contribution < 1.29 is 13.4 Å². The summed E-state index contributed by atoms with van der Waals surface area (Å²) in [6, 6.07) is 10.2. The number of hydrogen-bond acceptors (Lipinski definition) is 3. The quantitative estimate of drug-likeness (QED) is 0.843. The molecule has 0 radical (unpaired) electrons. The van der Waals surface area contributed by atoms with Crippen molar-refractivity contribution in [3.8, 4) is 0 Å². The molecule has 0 saturated carbocycles. The largest absolute Gasteiger partial charge is 0.398 e. The van der Waals surface area contributed by atoms with Gasteiger partial charge in [0.1, 0.15) is 5.82 Å². The van der Waals surface area contributed by atoms with Gasteiger partial charge in [-0.1, -0.05) is 12.1 Å². The number of nitrogen functional groups attached to an aromatic ring is 1. The Kier molecular flexibility index (Phi) is 4.14. The average Bonchev–Trinajstić information content (AvgIpc) is 2.40. The molecule has 0 aliphatic carbocycles. The molecule has 0 aliphatic rings. The molecular formula is C14H13FN2O2S. The topological polar surface area (TPSA) is 86.2 Å². The molecular weight excluding hydrogens is 279 g/mol. The first-order valence-corrected chi connectivity index (χ1v) is 7.11. The van der Waals surface area contributed by atoms with Crippen molar-refractivity contribution in [3.63, 3.8) is 0 Å². The summed E-state index contributed by atoms with van der Waals surface area (Å²) < 4.78 is 25.2. The molecule has 2 aromatic carbocycles. The zero-order valence-corrected chi connectivity index (χ0v) is 11.3. The van der Waals surface area contributed by atoms with E-state index in [4.69, 9.17) is 11.5 Å². The van der Waals surface area contributed by atoms with Gasteiger partial charge < -0.3 is 11.5 Å². The van der Waals surface area contributed by atoms with Gasteiger partial charge in [-0.2, -0.15) is 0 Å². The Labute approximate surface area is 118 Å². The minimum atomic E-state index is -1.41. The normalized spacial score (nSPS) is 12.1. The van der Waals surface area contributed by atoms with E-state index in [1.54, 1.807) is 12.1 Å². The van der Waals surface area contributed by atoms with Gasteiger partial charge in [0.05, 0.1) is 16.6 Å². The van der Waals surface area contributed by atoms with E-state index < -0.39 is 22.5 Å². The van der Waals surface area contributed by atoms with Gasteiger partial charge in [0.25, 0.3) is 0 Å². The van der Waals surface area contributed by atoms with E-state index in [0.29, 0.717) is 21.7 Å². The molecule has 0 aromatic heterocycles. The molecule has 0 saturated heterocycles. The van der Waals surface area contributed by atoms with E-state index in [0.717, 1.165) is 0 Å². The molecule has 0 fully saturated rings. The summed E-state index contributed by atoms with van der Waals surface area (Å²) in [6.45, 7) is 0. The fourth-order valence-corrected chi connectivity index (χ4v) is 2.90. The van der Waals surface area contributed by atoms with E-state index >= 15 is 0 Å². The number of carbonyl (C=O) groups is 1. The van der Waals surface area contributed by atoms with Gasteiger partial charge in [-0.15, -0.1) is 0 Å². The lowest BCUT2D eigenvalue weighted by Gasteiger charge is -2.07. The first-order valence-electron chi connectivity index (χ1n) is 5.79. The predicted octanol–water partition coefficient (Wildman–Crippen LogP) is 1.81. The molecule has 2 rings (SSSR count). The molecule has 1 unspecified atom stereocenters. The van der Waals surface area contributed by atoms with Crippen LogP contribution in [0, 0.1) is 5.82 Å². The Morgan fingerprint density at radius 3 is 2.55 bits per heavy atom.